The molecule has 0 aliphatic heterocycles. The Morgan fingerprint density at radius 2 is 2.14 bits per heavy atom. The number of hydrogen-bond donors (Lipinski definition) is 1. The summed E-state index contributed by atoms with van der Waals surface area (Å²) in [5, 5.41) is 0. The Morgan fingerprint density at radius 1 is 1.50 bits per heavy atom. The van der Waals surface area contributed by atoms with Gasteiger partial charge in [0, 0.05) is 11.4 Å². The van der Waals surface area contributed by atoms with E-state index in [9.17, 15) is 0 Å². The molecule has 0 saturated carbocycles. The van der Waals surface area contributed by atoms with E-state index in [4.69, 9.17) is 22.1 Å². The van der Waals surface area contributed by atoms with Crippen LogP contribution in [0, 0.1) is 0 Å². The second kappa shape index (κ2) is 4.62. The quantitative estimate of drug-likeness (QED) is 0.870. The molecule has 1 aromatic heterocycles. The van der Waals surface area contributed by atoms with Gasteiger partial charge in [-0.05, 0) is 32.9 Å². The van der Waals surface area contributed by atoms with Crippen molar-refractivity contribution in [1.82, 2.24) is 0 Å². The van der Waals surface area contributed by atoms with E-state index in [1.54, 1.807) is 0 Å². The summed E-state index contributed by atoms with van der Waals surface area (Å²) in [4.78, 5) is 1.09. The monoisotopic (exact) mass is 233 g/mol. The summed E-state index contributed by atoms with van der Waals surface area (Å²) in [7, 11) is 0. The second-order valence-electron chi connectivity index (χ2n) is 4.10. The highest BCUT2D eigenvalue weighted by molar-refractivity contribution is 7.16. The van der Waals surface area contributed by atoms with E-state index < -0.39 is 0 Å². The summed E-state index contributed by atoms with van der Waals surface area (Å²) in [5.74, 6) is 0. The van der Waals surface area contributed by atoms with Crippen LogP contribution in [0.25, 0.3) is 0 Å². The predicted octanol–water partition coefficient (Wildman–Crippen LogP) is 3.22. The third kappa shape index (κ3) is 3.58. The first-order valence-corrected chi connectivity index (χ1v) is 5.75. The van der Waals surface area contributed by atoms with Gasteiger partial charge in [-0.3, -0.25) is 0 Å². The summed E-state index contributed by atoms with van der Waals surface area (Å²) in [6.45, 7) is 6.54. The number of nitrogens with two attached hydrogens (primary N) is 1. The van der Waals surface area contributed by atoms with Gasteiger partial charge in [0.05, 0.1) is 9.94 Å². The fourth-order valence-corrected chi connectivity index (χ4v) is 2.25. The molecule has 2 nitrogen and oxygen atoms in total. The molecule has 0 aliphatic carbocycles. The van der Waals surface area contributed by atoms with E-state index in [1.807, 2.05) is 32.9 Å². The molecule has 1 aromatic rings. The summed E-state index contributed by atoms with van der Waals surface area (Å²) in [5.41, 5.74) is 5.48. The number of halogens is 1. The average Bonchev–Trinajstić information content (AvgIpc) is 2.46. The molecule has 1 unspecified atom stereocenters. The Labute approximate surface area is 94.0 Å². The van der Waals surface area contributed by atoms with Crippen molar-refractivity contribution in [2.75, 3.05) is 6.54 Å². The molecule has 80 valence electrons. The lowest BCUT2D eigenvalue weighted by molar-refractivity contribution is -0.0557. The van der Waals surface area contributed by atoms with E-state index >= 15 is 0 Å². The van der Waals surface area contributed by atoms with Gasteiger partial charge in [-0.2, -0.15) is 0 Å². The van der Waals surface area contributed by atoms with Gasteiger partial charge in [0.1, 0.15) is 6.10 Å². The van der Waals surface area contributed by atoms with Crippen LogP contribution in [0.15, 0.2) is 12.1 Å². The standard InChI is InChI=1S/C10H16ClNOS/c1-10(2,3)13-7(6-12)8-4-5-9(11)14-8/h4-5,7H,6,12H2,1-3H3. The Bertz CT molecular complexity index is 293. The zero-order valence-corrected chi connectivity index (χ0v) is 10.3. The van der Waals surface area contributed by atoms with Crippen LogP contribution in [0.5, 0.6) is 0 Å². The van der Waals surface area contributed by atoms with E-state index in [1.165, 1.54) is 11.3 Å². The van der Waals surface area contributed by atoms with E-state index in [2.05, 4.69) is 0 Å². The Balaban J connectivity index is 2.72. The van der Waals surface area contributed by atoms with Crippen LogP contribution in [0.3, 0.4) is 0 Å². The van der Waals surface area contributed by atoms with Gasteiger partial charge in [0.25, 0.3) is 0 Å². The van der Waals surface area contributed by atoms with Crippen molar-refractivity contribution >= 4 is 22.9 Å². The molecule has 0 bridgehead atoms. The van der Waals surface area contributed by atoms with Gasteiger partial charge in [0.2, 0.25) is 0 Å². The molecule has 0 fully saturated rings. The topological polar surface area (TPSA) is 35.2 Å². The Kier molecular flexibility index (Phi) is 3.95. The lowest BCUT2D eigenvalue weighted by Gasteiger charge is -2.25. The fraction of sp³-hybridized carbons (Fsp3) is 0.600. The highest BCUT2D eigenvalue weighted by Crippen LogP contribution is 2.30. The molecule has 1 heterocycles. The van der Waals surface area contributed by atoms with Crippen LogP contribution in [-0.4, -0.2) is 12.1 Å². The second-order valence-corrected chi connectivity index (χ2v) is 5.84. The summed E-state index contributed by atoms with van der Waals surface area (Å²) >= 11 is 7.38. The van der Waals surface area contributed by atoms with E-state index in [0.29, 0.717) is 6.54 Å². The maximum absolute atomic E-state index is 5.85. The molecule has 0 amide bonds. The third-order valence-electron chi connectivity index (χ3n) is 1.62. The van der Waals surface area contributed by atoms with Gasteiger partial charge in [-0.25, -0.2) is 0 Å². The molecule has 0 saturated heterocycles. The van der Waals surface area contributed by atoms with Gasteiger partial charge in [-0.1, -0.05) is 11.6 Å². The Hall–Kier alpha value is -0.0900. The molecule has 2 N–H and O–H groups in total. The third-order valence-corrected chi connectivity index (χ3v) is 2.94. The zero-order chi connectivity index (χ0) is 10.8. The SMILES string of the molecule is CC(C)(C)OC(CN)c1ccc(Cl)s1. The van der Waals surface area contributed by atoms with Crippen molar-refractivity contribution in [3.05, 3.63) is 21.3 Å². The minimum atomic E-state index is -0.180. The highest BCUT2D eigenvalue weighted by Gasteiger charge is 2.20. The molecule has 0 spiro atoms. The molecular weight excluding hydrogens is 218 g/mol. The summed E-state index contributed by atoms with van der Waals surface area (Å²) in [6, 6.07) is 3.84. The molecule has 14 heavy (non-hydrogen) atoms. The van der Waals surface area contributed by atoms with Crippen molar-refractivity contribution in [1.29, 1.82) is 0 Å². The maximum atomic E-state index is 5.85. The maximum Gasteiger partial charge on any atom is 0.105 e. The largest absolute Gasteiger partial charge is 0.366 e. The van der Waals surface area contributed by atoms with E-state index in [-0.39, 0.29) is 11.7 Å². The van der Waals surface area contributed by atoms with Crippen molar-refractivity contribution in [2.24, 2.45) is 5.73 Å². The van der Waals surface area contributed by atoms with Crippen molar-refractivity contribution in [2.45, 2.75) is 32.5 Å². The molecule has 1 atom stereocenters. The first kappa shape index (κ1) is 12.0. The van der Waals surface area contributed by atoms with Crippen molar-refractivity contribution in [3.63, 3.8) is 0 Å². The average molecular weight is 234 g/mol. The lowest BCUT2D eigenvalue weighted by atomic mass is 10.1. The molecule has 0 radical (unpaired) electrons. The van der Waals surface area contributed by atoms with Gasteiger partial charge in [-0.15, -0.1) is 11.3 Å². The molecule has 1 rings (SSSR count). The van der Waals surface area contributed by atoms with Crippen LogP contribution in [0.2, 0.25) is 4.34 Å². The van der Waals surface area contributed by atoms with Crippen molar-refractivity contribution in [3.8, 4) is 0 Å². The van der Waals surface area contributed by atoms with Crippen LogP contribution in [0.1, 0.15) is 31.8 Å². The predicted molar refractivity (Wildman–Crippen MR) is 62.0 cm³/mol. The zero-order valence-electron chi connectivity index (χ0n) is 8.71. The first-order valence-electron chi connectivity index (χ1n) is 4.55. The number of thiophene rings is 1. The highest BCUT2D eigenvalue weighted by atomic mass is 35.5. The lowest BCUT2D eigenvalue weighted by Crippen LogP contribution is -2.26. The van der Waals surface area contributed by atoms with Crippen LogP contribution < -0.4 is 5.73 Å². The summed E-state index contributed by atoms with van der Waals surface area (Å²) < 4.78 is 6.59. The molecular formula is C10H16ClNOS. The fourth-order valence-electron chi connectivity index (χ4n) is 1.15. The Morgan fingerprint density at radius 3 is 2.50 bits per heavy atom. The van der Waals surface area contributed by atoms with Gasteiger partial charge < -0.3 is 10.5 Å². The van der Waals surface area contributed by atoms with Crippen LogP contribution >= 0.6 is 22.9 Å². The molecule has 0 aromatic carbocycles. The molecule has 0 aliphatic rings. The van der Waals surface area contributed by atoms with Crippen LogP contribution in [-0.2, 0) is 4.74 Å². The number of hydrogen-bond acceptors (Lipinski definition) is 3. The summed E-state index contributed by atoms with van der Waals surface area (Å²) in [6.07, 6.45) is -0.0486. The normalized spacial score (nSPS) is 14.4. The van der Waals surface area contributed by atoms with E-state index in [0.717, 1.165) is 9.21 Å². The van der Waals surface area contributed by atoms with Crippen molar-refractivity contribution < 1.29 is 4.74 Å². The minimum Gasteiger partial charge on any atom is -0.366 e. The van der Waals surface area contributed by atoms with Gasteiger partial charge in [0.15, 0.2) is 0 Å². The number of ether oxygens (including phenoxy) is 1. The van der Waals surface area contributed by atoms with Gasteiger partial charge >= 0.3 is 0 Å². The first-order chi connectivity index (χ1) is 6.42. The molecule has 4 heteroatoms. The van der Waals surface area contributed by atoms with Crippen LogP contribution in [0.4, 0.5) is 0 Å². The number of rotatable bonds is 3. The smallest absolute Gasteiger partial charge is 0.105 e. The minimum absolute atomic E-state index is 0.0486.